The number of likely N-dealkylation sites (tertiary alicyclic amines) is 1. The number of ether oxygens (including phenoxy) is 2. The van der Waals surface area contributed by atoms with Gasteiger partial charge in [0.05, 0.1) is 13.2 Å². The number of halogens is 1. The molecular formula is C21H37IN4O2. The number of piperidine rings is 1. The van der Waals surface area contributed by atoms with Crippen LogP contribution >= 0.6 is 24.0 Å². The van der Waals surface area contributed by atoms with Crippen LogP contribution in [0.25, 0.3) is 0 Å². The lowest BCUT2D eigenvalue weighted by Crippen LogP contribution is -2.39. The molecule has 160 valence electrons. The zero-order valence-electron chi connectivity index (χ0n) is 17.4. The molecule has 1 aromatic rings. The zero-order valence-corrected chi connectivity index (χ0v) is 19.7. The monoisotopic (exact) mass is 504 g/mol. The van der Waals surface area contributed by atoms with Gasteiger partial charge in [0, 0.05) is 33.3 Å². The van der Waals surface area contributed by atoms with Gasteiger partial charge in [-0.3, -0.25) is 4.99 Å². The van der Waals surface area contributed by atoms with Gasteiger partial charge in [-0.1, -0.05) is 18.2 Å². The van der Waals surface area contributed by atoms with E-state index in [0.717, 1.165) is 64.0 Å². The lowest BCUT2D eigenvalue weighted by atomic mass is 9.97. The molecule has 0 aliphatic carbocycles. The van der Waals surface area contributed by atoms with Gasteiger partial charge in [-0.05, 0) is 57.3 Å². The van der Waals surface area contributed by atoms with Crippen LogP contribution < -0.4 is 15.4 Å². The van der Waals surface area contributed by atoms with Crippen LogP contribution in [0.2, 0.25) is 0 Å². The minimum atomic E-state index is 0. The molecule has 0 unspecified atom stereocenters. The molecule has 0 atom stereocenters. The highest BCUT2D eigenvalue weighted by molar-refractivity contribution is 14.0. The van der Waals surface area contributed by atoms with E-state index in [2.05, 4.69) is 22.5 Å². The molecule has 1 heterocycles. The van der Waals surface area contributed by atoms with Crippen molar-refractivity contribution in [2.75, 3.05) is 59.6 Å². The number of hydrogen-bond acceptors (Lipinski definition) is 4. The normalized spacial score (nSPS) is 15.7. The summed E-state index contributed by atoms with van der Waals surface area (Å²) < 4.78 is 10.9. The molecule has 0 bridgehead atoms. The first-order valence-electron chi connectivity index (χ1n) is 10.2. The van der Waals surface area contributed by atoms with Crippen LogP contribution in [0, 0.1) is 5.92 Å². The molecule has 1 aromatic carbocycles. The Morgan fingerprint density at radius 1 is 1.14 bits per heavy atom. The largest absolute Gasteiger partial charge is 0.494 e. The van der Waals surface area contributed by atoms with Gasteiger partial charge in [-0.15, -0.1) is 24.0 Å². The van der Waals surface area contributed by atoms with Gasteiger partial charge in [0.1, 0.15) is 5.75 Å². The van der Waals surface area contributed by atoms with Crippen LogP contribution in [-0.4, -0.2) is 70.5 Å². The molecule has 2 N–H and O–H groups in total. The second-order valence-electron chi connectivity index (χ2n) is 6.94. The molecule has 1 saturated heterocycles. The van der Waals surface area contributed by atoms with E-state index in [0.29, 0.717) is 12.5 Å². The highest BCUT2D eigenvalue weighted by atomic mass is 127. The van der Waals surface area contributed by atoms with Crippen LogP contribution in [0.5, 0.6) is 5.75 Å². The molecule has 0 saturated carbocycles. The first-order valence-corrected chi connectivity index (χ1v) is 10.2. The highest BCUT2D eigenvalue weighted by Gasteiger charge is 2.18. The molecule has 1 aliphatic heterocycles. The predicted octanol–water partition coefficient (Wildman–Crippen LogP) is 2.99. The van der Waals surface area contributed by atoms with E-state index in [4.69, 9.17) is 14.5 Å². The first kappa shape index (κ1) is 25.0. The molecule has 2 rings (SSSR count). The van der Waals surface area contributed by atoms with Gasteiger partial charge in [0.2, 0.25) is 0 Å². The summed E-state index contributed by atoms with van der Waals surface area (Å²) in [6.45, 7) is 9.62. The molecule has 0 spiro atoms. The maximum atomic E-state index is 5.73. The fourth-order valence-corrected chi connectivity index (χ4v) is 3.16. The van der Waals surface area contributed by atoms with E-state index in [1.807, 2.05) is 30.3 Å². The summed E-state index contributed by atoms with van der Waals surface area (Å²) in [5.41, 5.74) is 0. The van der Waals surface area contributed by atoms with E-state index in [9.17, 15) is 0 Å². The first-order chi connectivity index (χ1) is 13.3. The summed E-state index contributed by atoms with van der Waals surface area (Å²) in [5, 5.41) is 6.75. The topological polar surface area (TPSA) is 58.1 Å². The van der Waals surface area contributed by atoms with Crippen molar-refractivity contribution in [2.45, 2.75) is 26.2 Å². The van der Waals surface area contributed by atoms with Gasteiger partial charge in [0.15, 0.2) is 5.96 Å². The Balaban J connectivity index is 0.00000392. The van der Waals surface area contributed by atoms with Crippen molar-refractivity contribution in [3.05, 3.63) is 30.3 Å². The van der Waals surface area contributed by atoms with E-state index in [1.165, 1.54) is 12.8 Å². The van der Waals surface area contributed by atoms with Crippen molar-refractivity contribution >= 4 is 29.9 Å². The third-order valence-electron chi connectivity index (χ3n) is 4.80. The van der Waals surface area contributed by atoms with Crippen LogP contribution in [-0.2, 0) is 4.74 Å². The fourth-order valence-electron chi connectivity index (χ4n) is 3.16. The number of para-hydroxylation sites is 1. The molecule has 6 nitrogen and oxygen atoms in total. The van der Waals surface area contributed by atoms with E-state index >= 15 is 0 Å². The fraction of sp³-hybridized carbons (Fsp3) is 0.667. The number of nitrogens with one attached hydrogen (secondary N) is 2. The maximum absolute atomic E-state index is 5.73. The zero-order chi connectivity index (χ0) is 19.2. The predicted molar refractivity (Wildman–Crippen MR) is 127 cm³/mol. The number of guanidine groups is 1. The number of nitrogens with zero attached hydrogens (tertiary/aromatic N) is 2. The molecule has 1 aliphatic rings. The average molecular weight is 504 g/mol. The van der Waals surface area contributed by atoms with E-state index in [-0.39, 0.29) is 24.0 Å². The lowest BCUT2D eigenvalue weighted by molar-refractivity contribution is 0.121. The van der Waals surface area contributed by atoms with Gasteiger partial charge >= 0.3 is 0 Å². The summed E-state index contributed by atoms with van der Waals surface area (Å²) in [7, 11) is 1.77. The summed E-state index contributed by atoms with van der Waals surface area (Å²) in [6, 6.07) is 9.95. The van der Waals surface area contributed by atoms with Gasteiger partial charge in [-0.25, -0.2) is 0 Å². The SMILES string of the molecule is CCNC(=NCC1CCN(CCOC)CC1)NCCCOc1ccccc1.I. The van der Waals surface area contributed by atoms with Crippen molar-refractivity contribution < 1.29 is 9.47 Å². The molecular weight excluding hydrogens is 467 g/mol. The summed E-state index contributed by atoms with van der Waals surface area (Å²) in [5.74, 6) is 2.52. The van der Waals surface area contributed by atoms with Crippen molar-refractivity contribution in [3.8, 4) is 5.75 Å². The quantitative estimate of drug-likeness (QED) is 0.210. The smallest absolute Gasteiger partial charge is 0.191 e. The highest BCUT2D eigenvalue weighted by Crippen LogP contribution is 2.17. The van der Waals surface area contributed by atoms with E-state index in [1.54, 1.807) is 7.11 Å². The Labute approximate surface area is 187 Å². The average Bonchev–Trinajstić information content (AvgIpc) is 2.71. The molecule has 0 amide bonds. The third-order valence-corrected chi connectivity index (χ3v) is 4.80. The summed E-state index contributed by atoms with van der Waals surface area (Å²) >= 11 is 0. The second-order valence-corrected chi connectivity index (χ2v) is 6.94. The van der Waals surface area contributed by atoms with Crippen LogP contribution in [0.1, 0.15) is 26.2 Å². The van der Waals surface area contributed by atoms with Crippen molar-refractivity contribution in [1.82, 2.24) is 15.5 Å². The van der Waals surface area contributed by atoms with Crippen molar-refractivity contribution in [1.29, 1.82) is 0 Å². The van der Waals surface area contributed by atoms with Crippen LogP contribution in [0.3, 0.4) is 0 Å². The van der Waals surface area contributed by atoms with Crippen molar-refractivity contribution in [2.24, 2.45) is 10.9 Å². The molecule has 28 heavy (non-hydrogen) atoms. The molecule has 0 radical (unpaired) electrons. The van der Waals surface area contributed by atoms with Gasteiger partial charge in [0.25, 0.3) is 0 Å². The third kappa shape index (κ3) is 10.5. The Morgan fingerprint density at radius 3 is 2.57 bits per heavy atom. The van der Waals surface area contributed by atoms with Crippen molar-refractivity contribution in [3.63, 3.8) is 0 Å². The van der Waals surface area contributed by atoms with Gasteiger partial charge in [-0.2, -0.15) is 0 Å². The molecule has 1 fully saturated rings. The van der Waals surface area contributed by atoms with Crippen LogP contribution in [0.15, 0.2) is 35.3 Å². The second kappa shape index (κ2) is 15.8. The minimum Gasteiger partial charge on any atom is -0.494 e. The Hall–Kier alpha value is -1.06. The number of rotatable bonds is 11. The number of benzene rings is 1. The van der Waals surface area contributed by atoms with Gasteiger partial charge < -0.3 is 25.0 Å². The summed E-state index contributed by atoms with van der Waals surface area (Å²) in [6.07, 6.45) is 3.38. The van der Waals surface area contributed by atoms with Crippen LogP contribution in [0.4, 0.5) is 0 Å². The Morgan fingerprint density at radius 2 is 1.89 bits per heavy atom. The summed E-state index contributed by atoms with van der Waals surface area (Å²) in [4.78, 5) is 7.28. The number of hydrogen-bond donors (Lipinski definition) is 2. The Bertz CT molecular complexity index is 522. The Kier molecular flexibility index (Phi) is 14.1. The standard InChI is InChI=1S/C21H36N4O2.HI/c1-3-22-21(23-12-7-16-27-20-8-5-4-6-9-20)24-18-19-10-13-25(14-11-19)15-17-26-2;/h4-6,8-9,19H,3,7,10-18H2,1-2H3,(H2,22,23,24);1H. The van der Waals surface area contributed by atoms with E-state index < -0.39 is 0 Å². The lowest BCUT2D eigenvalue weighted by Gasteiger charge is -2.31. The molecule has 7 heteroatoms. The number of aliphatic imine (C=N–C) groups is 1. The minimum absolute atomic E-state index is 0. The number of methoxy groups -OCH3 is 1. The molecule has 0 aromatic heterocycles. The maximum Gasteiger partial charge on any atom is 0.191 e.